The van der Waals surface area contributed by atoms with Crippen LogP contribution in [0.25, 0.3) is 0 Å². The molecule has 0 aliphatic carbocycles. The van der Waals surface area contributed by atoms with Crippen molar-refractivity contribution >= 4 is 40.4 Å². The van der Waals surface area contributed by atoms with Gasteiger partial charge in [0, 0.05) is 30.1 Å². The van der Waals surface area contributed by atoms with E-state index < -0.39 is 0 Å². The van der Waals surface area contributed by atoms with E-state index in [1.54, 1.807) is 24.3 Å². The number of hydrogen-bond donors (Lipinski definition) is 2. The Morgan fingerprint density at radius 3 is 2.63 bits per heavy atom. The Kier molecular flexibility index (Phi) is 7.93. The molecule has 0 fully saturated rings. The first kappa shape index (κ1) is 21.9. The summed E-state index contributed by atoms with van der Waals surface area (Å²) in [7, 11) is 0. The Labute approximate surface area is 184 Å². The number of carbonyl (C=O) groups is 2. The molecule has 1 aromatic heterocycles. The van der Waals surface area contributed by atoms with Crippen molar-refractivity contribution in [2.75, 3.05) is 11.9 Å². The summed E-state index contributed by atoms with van der Waals surface area (Å²) in [6, 6.07) is 15.2. The van der Waals surface area contributed by atoms with Crippen LogP contribution in [-0.2, 0) is 17.6 Å². The van der Waals surface area contributed by atoms with Gasteiger partial charge in [-0.15, -0.1) is 10.2 Å². The Morgan fingerprint density at radius 2 is 1.87 bits per heavy atom. The smallest absolute Gasteiger partial charge is 0.286 e. The number of aromatic nitrogens is 2. The number of rotatable bonds is 9. The monoisotopic (exact) mass is 442 g/mol. The number of nitrogens with one attached hydrogen (secondary N) is 2. The van der Waals surface area contributed by atoms with Crippen LogP contribution >= 0.6 is 22.9 Å². The van der Waals surface area contributed by atoms with Gasteiger partial charge < -0.3 is 10.6 Å². The van der Waals surface area contributed by atoms with Crippen molar-refractivity contribution < 1.29 is 9.59 Å². The zero-order chi connectivity index (χ0) is 21.3. The van der Waals surface area contributed by atoms with Crippen LogP contribution in [0.1, 0.15) is 38.8 Å². The van der Waals surface area contributed by atoms with Crippen LogP contribution in [0.15, 0.2) is 48.5 Å². The van der Waals surface area contributed by atoms with Gasteiger partial charge in [-0.3, -0.25) is 9.59 Å². The third-order valence-corrected chi connectivity index (χ3v) is 5.61. The summed E-state index contributed by atoms with van der Waals surface area (Å²) in [5.41, 5.74) is 3.04. The Morgan fingerprint density at radius 1 is 1.07 bits per heavy atom. The van der Waals surface area contributed by atoms with Crippen molar-refractivity contribution in [3.05, 3.63) is 74.7 Å². The van der Waals surface area contributed by atoms with Gasteiger partial charge in [0.05, 0.1) is 0 Å². The summed E-state index contributed by atoms with van der Waals surface area (Å²) in [6.45, 7) is 2.67. The Balaban J connectivity index is 1.37. The minimum Gasteiger partial charge on any atom is -0.356 e. The normalized spacial score (nSPS) is 10.6. The number of carbonyl (C=O) groups excluding carboxylic acids is 2. The van der Waals surface area contributed by atoms with Crippen LogP contribution in [0.2, 0.25) is 5.02 Å². The third-order valence-electron chi connectivity index (χ3n) is 4.39. The highest BCUT2D eigenvalue weighted by Crippen LogP contribution is 2.18. The predicted molar refractivity (Wildman–Crippen MR) is 120 cm³/mol. The van der Waals surface area contributed by atoms with E-state index in [4.69, 9.17) is 11.6 Å². The van der Waals surface area contributed by atoms with Gasteiger partial charge in [0.15, 0.2) is 0 Å². The van der Waals surface area contributed by atoms with E-state index in [9.17, 15) is 9.59 Å². The lowest BCUT2D eigenvalue weighted by atomic mass is 10.1. The minimum atomic E-state index is -0.324. The van der Waals surface area contributed by atoms with E-state index in [0.717, 1.165) is 11.4 Å². The molecule has 0 atom stereocenters. The summed E-state index contributed by atoms with van der Waals surface area (Å²) in [4.78, 5) is 24.3. The predicted octanol–water partition coefficient (Wildman–Crippen LogP) is 4.43. The van der Waals surface area contributed by atoms with Crippen molar-refractivity contribution in [1.82, 2.24) is 15.5 Å². The summed E-state index contributed by atoms with van der Waals surface area (Å²) in [5, 5.41) is 15.2. The average Bonchev–Trinajstić information content (AvgIpc) is 3.19. The Bertz CT molecular complexity index is 1000. The highest BCUT2D eigenvalue weighted by molar-refractivity contribution is 7.13. The molecule has 0 bridgehead atoms. The van der Waals surface area contributed by atoms with Gasteiger partial charge in [0.25, 0.3) is 5.91 Å². The van der Waals surface area contributed by atoms with Crippen molar-refractivity contribution in [3.8, 4) is 0 Å². The zero-order valence-corrected chi connectivity index (χ0v) is 18.2. The first-order valence-electron chi connectivity index (χ1n) is 9.71. The summed E-state index contributed by atoms with van der Waals surface area (Å²) in [6.07, 6.45) is 2.49. The van der Waals surface area contributed by atoms with Crippen LogP contribution in [0.4, 0.5) is 5.69 Å². The zero-order valence-electron chi connectivity index (χ0n) is 16.7. The van der Waals surface area contributed by atoms with E-state index >= 15 is 0 Å². The highest BCUT2D eigenvalue weighted by Gasteiger charge is 2.13. The van der Waals surface area contributed by atoms with Crippen LogP contribution in [0.3, 0.4) is 0 Å². The topological polar surface area (TPSA) is 84.0 Å². The first-order chi connectivity index (χ1) is 14.5. The molecular formula is C22H23ClN4O2S. The number of nitrogens with zero attached hydrogens (tertiary/aromatic N) is 2. The lowest BCUT2D eigenvalue weighted by Gasteiger charge is -2.05. The van der Waals surface area contributed by atoms with Gasteiger partial charge in [-0.2, -0.15) is 0 Å². The number of anilines is 1. The SMILES string of the molecule is Cc1ccc(CCNC(=O)CCCc2nnc(C(=O)Nc3cccc(Cl)c3)s2)cc1. The van der Waals surface area contributed by atoms with Crippen molar-refractivity contribution in [2.45, 2.75) is 32.6 Å². The molecule has 0 spiro atoms. The summed E-state index contributed by atoms with van der Waals surface area (Å²) < 4.78 is 0. The molecule has 2 aromatic carbocycles. The fourth-order valence-electron chi connectivity index (χ4n) is 2.79. The maximum absolute atomic E-state index is 12.3. The van der Waals surface area contributed by atoms with Crippen LogP contribution in [0, 0.1) is 6.92 Å². The lowest BCUT2D eigenvalue weighted by molar-refractivity contribution is -0.121. The van der Waals surface area contributed by atoms with Crippen molar-refractivity contribution in [1.29, 1.82) is 0 Å². The molecule has 2 amide bonds. The van der Waals surface area contributed by atoms with Crippen molar-refractivity contribution in [2.24, 2.45) is 0 Å². The number of amides is 2. The number of hydrogen-bond acceptors (Lipinski definition) is 5. The maximum Gasteiger partial charge on any atom is 0.286 e. The molecule has 30 heavy (non-hydrogen) atoms. The minimum absolute atomic E-state index is 0.0190. The molecule has 3 rings (SSSR count). The van der Waals surface area contributed by atoms with Gasteiger partial charge in [-0.1, -0.05) is 58.8 Å². The first-order valence-corrected chi connectivity index (χ1v) is 10.9. The Hall–Kier alpha value is -2.77. The molecule has 0 saturated carbocycles. The van der Waals surface area contributed by atoms with Gasteiger partial charge in [-0.05, 0) is 43.5 Å². The van der Waals surface area contributed by atoms with Gasteiger partial charge >= 0.3 is 0 Å². The van der Waals surface area contributed by atoms with E-state index in [1.807, 2.05) is 0 Å². The second kappa shape index (κ2) is 10.8. The molecule has 6 nitrogen and oxygen atoms in total. The number of benzene rings is 2. The number of halogens is 1. The molecule has 0 saturated heterocycles. The highest BCUT2D eigenvalue weighted by atomic mass is 35.5. The quantitative estimate of drug-likeness (QED) is 0.513. The molecule has 1 heterocycles. The van der Waals surface area contributed by atoms with Crippen LogP contribution in [-0.4, -0.2) is 28.6 Å². The molecule has 2 N–H and O–H groups in total. The standard InChI is InChI=1S/C22H23ClN4O2S/c1-15-8-10-16(11-9-15)12-13-24-19(28)6-3-7-20-26-27-22(30-20)21(29)25-18-5-2-4-17(23)14-18/h2,4-5,8-11,14H,3,6-7,12-13H2,1H3,(H,24,28)(H,25,29). The largest absolute Gasteiger partial charge is 0.356 e. The van der Waals surface area contributed by atoms with Gasteiger partial charge in [0.1, 0.15) is 5.01 Å². The lowest BCUT2D eigenvalue weighted by Crippen LogP contribution is -2.25. The van der Waals surface area contributed by atoms with E-state index in [1.165, 1.54) is 22.5 Å². The second-order valence-corrected chi connectivity index (χ2v) is 8.40. The van der Waals surface area contributed by atoms with E-state index in [-0.39, 0.29) is 16.8 Å². The molecule has 8 heteroatoms. The fraction of sp³-hybridized carbons (Fsp3) is 0.273. The fourth-order valence-corrected chi connectivity index (χ4v) is 3.75. The second-order valence-electron chi connectivity index (χ2n) is 6.90. The van der Waals surface area contributed by atoms with Gasteiger partial charge in [-0.25, -0.2) is 0 Å². The molecule has 0 aliphatic rings. The molecule has 3 aromatic rings. The molecule has 0 unspecified atom stereocenters. The number of aryl methyl sites for hydroxylation is 2. The van der Waals surface area contributed by atoms with Crippen LogP contribution < -0.4 is 10.6 Å². The van der Waals surface area contributed by atoms with E-state index in [0.29, 0.717) is 36.5 Å². The molecule has 0 aliphatic heterocycles. The molecule has 0 radical (unpaired) electrons. The molecular weight excluding hydrogens is 420 g/mol. The van der Waals surface area contributed by atoms with Gasteiger partial charge in [0.2, 0.25) is 10.9 Å². The summed E-state index contributed by atoms with van der Waals surface area (Å²) in [5.74, 6) is -0.305. The van der Waals surface area contributed by atoms with Crippen LogP contribution in [0.5, 0.6) is 0 Å². The van der Waals surface area contributed by atoms with E-state index in [2.05, 4.69) is 52.0 Å². The summed E-state index contributed by atoms with van der Waals surface area (Å²) >= 11 is 7.15. The average molecular weight is 443 g/mol. The molecule has 156 valence electrons. The van der Waals surface area contributed by atoms with Crippen molar-refractivity contribution in [3.63, 3.8) is 0 Å². The maximum atomic E-state index is 12.3. The third kappa shape index (κ3) is 6.93.